The predicted octanol–water partition coefficient (Wildman–Crippen LogP) is 1.18. The van der Waals surface area contributed by atoms with Crippen LogP contribution in [0.1, 0.15) is 12.8 Å². The number of pyridine rings is 1. The number of rotatable bonds is 3. The highest BCUT2D eigenvalue weighted by Crippen LogP contribution is 2.22. The first-order valence-corrected chi connectivity index (χ1v) is 5.85. The van der Waals surface area contributed by atoms with Crippen molar-refractivity contribution in [3.8, 4) is 0 Å². The van der Waals surface area contributed by atoms with Gasteiger partial charge in [0.25, 0.3) is 5.91 Å². The van der Waals surface area contributed by atoms with Gasteiger partial charge in [-0.05, 0) is 25.0 Å². The maximum absolute atomic E-state index is 11.9. The van der Waals surface area contributed by atoms with E-state index < -0.39 is 6.10 Å². The number of amides is 1. The van der Waals surface area contributed by atoms with Crippen LogP contribution in [0.15, 0.2) is 18.3 Å². The zero-order valence-electron chi connectivity index (χ0n) is 9.23. The van der Waals surface area contributed by atoms with E-state index in [-0.39, 0.29) is 17.2 Å². The van der Waals surface area contributed by atoms with Crippen molar-refractivity contribution in [3.05, 3.63) is 23.5 Å². The van der Waals surface area contributed by atoms with Gasteiger partial charge in [0.15, 0.2) is 5.15 Å². The van der Waals surface area contributed by atoms with Crippen LogP contribution in [0.3, 0.4) is 0 Å². The summed E-state index contributed by atoms with van der Waals surface area (Å²) in [6, 6.07) is 3.41. The predicted molar refractivity (Wildman–Crippen MR) is 64.8 cm³/mol. The number of aromatic nitrogens is 1. The van der Waals surface area contributed by atoms with Gasteiger partial charge in [-0.3, -0.25) is 4.79 Å². The van der Waals surface area contributed by atoms with Gasteiger partial charge in [0, 0.05) is 12.7 Å². The molecule has 1 amide bonds. The van der Waals surface area contributed by atoms with Crippen molar-refractivity contribution in [2.75, 3.05) is 11.9 Å². The molecule has 0 aliphatic carbocycles. The number of nitrogens with zero attached hydrogens (tertiary/aromatic N) is 1. The van der Waals surface area contributed by atoms with Crippen LogP contribution in [0.4, 0.5) is 5.69 Å². The van der Waals surface area contributed by atoms with Gasteiger partial charge in [0.05, 0.1) is 11.8 Å². The monoisotopic (exact) mass is 255 g/mol. The van der Waals surface area contributed by atoms with Crippen molar-refractivity contribution >= 4 is 23.2 Å². The molecule has 92 valence electrons. The minimum atomic E-state index is -0.445. The standard InChI is InChI=1S/C11H14ClN3O2/c12-10-8(2-1-5-14-10)15-11(16)9-4-3-7(6-13)17-9/h1-2,5,7,9H,3-4,6,13H2,(H,15,16). The largest absolute Gasteiger partial charge is 0.364 e. The fourth-order valence-electron chi connectivity index (χ4n) is 1.76. The average Bonchev–Trinajstić information content (AvgIpc) is 2.81. The first kappa shape index (κ1) is 12.3. The van der Waals surface area contributed by atoms with Crippen LogP contribution >= 0.6 is 11.6 Å². The third kappa shape index (κ3) is 2.94. The highest BCUT2D eigenvalue weighted by molar-refractivity contribution is 6.32. The highest BCUT2D eigenvalue weighted by Gasteiger charge is 2.30. The lowest BCUT2D eigenvalue weighted by molar-refractivity contribution is -0.126. The molecule has 3 N–H and O–H groups in total. The van der Waals surface area contributed by atoms with Crippen LogP contribution in [0.25, 0.3) is 0 Å². The van der Waals surface area contributed by atoms with Gasteiger partial charge < -0.3 is 15.8 Å². The molecule has 2 unspecified atom stereocenters. The number of hydrogen-bond acceptors (Lipinski definition) is 4. The number of hydrogen-bond donors (Lipinski definition) is 2. The van der Waals surface area contributed by atoms with E-state index in [0.717, 1.165) is 6.42 Å². The minimum absolute atomic E-state index is 0.0184. The Balaban J connectivity index is 1.96. The molecule has 2 heterocycles. The number of nitrogens with two attached hydrogens (primary N) is 1. The number of carbonyl (C=O) groups excluding carboxylic acids is 1. The Hall–Kier alpha value is -1.17. The van der Waals surface area contributed by atoms with Gasteiger partial charge in [0.1, 0.15) is 6.10 Å². The first-order valence-electron chi connectivity index (χ1n) is 5.47. The third-order valence-electron chi connectivity index (χ3n) is 2.68. The molecule has 1 aromatic rings. The molecule has 2 rings (SSSR count). The van der Waals surface area contributed by atoms with Crippen molar-refractivity contribution in [2.24, 2.45) is 5.73 Å². The Bertz CT molecular complexity index is 413. The lowest BCUT2D eigenvalue weighted by Crippen LogP contribution is -2.29. The second-order valence-electron chi connectivity index (χ2n) is 3.89. The van der Waals surface area contributed by atoms with E-state index in [9.17, 15) is 4.79 Å². The van der Waals surface area contributed by atoms with Crippen LogP contribution in [0.2, 0.25) is 5.15 Å². The van der Waals surface area contributed by atoms with E-state index in [2.05, 4.69) is 10.3 Å². The zero-order chi connectivity index (χ0) is 12.3. The molecule has 0 bridgehead atoms. The second kappa shape index (κ2) is 5.44. The van der Waals surface area contributed by atoms with Crippen molar-refractivity contribution in [2.45, 2.75) is 25.0 Å². The molecule has 0 aromatic carbocycles. The fraction of sp³-hybridized carbons (Fsp3) is 0.455. The van der Waals surface area contributed by atoms with E-state index in [0.29, 0.717) is 18.7 Å². The molecule has 2 atom stereocenters. The number of halogens is 1. The van der Waals surface area contributed by atoms with Crippen LogP contribution in [0, 0.1) is 0 Å². The Labute approximate surface area is 104 Å². The molecule has 6 heteroatoms. The Kier molecular flexibility index (Phi) is 3.93. The van der Waals surface area contributed by atoms with Crippen LogP contribution in [0.5, 0.6) is 0 Å². The van der Waals surface area contributed by atoms with Crippen molar-refractivity contribution in [3.63, 3.8) is 0 Å². The van der Waals surface area contributed by atoms with Crippen LogP contribution in [-0.2, 0) is 9.53 Å². The van der Waals surface area contributed by atoms with E-state index in [1.807, 2.05) is 0 Å². The molecule has 5 nitrogen and oxygen atoms in total. The van der Waals surface area contributed by atoms with Gasteiger partial charge in [-0.1, -0.05) is 11.6 Å². The normalized spacial score (nSPS) is 23.6. The molecule has 0 spiro atoms. The van der Waals surface area contributed by atoms with E-state index in [1.54, 1.807) is 18.3 Å². The second-order valence-corrected chi connectivity index (χ2v) is 4.25. The lowest BCUT2D eigenvalue weighted by atomic mass is 10.2. The number of carbonyl (C=O) groups is 1. The molecule has 1 aliphatic heterocycles. The highest BCUT2D eigenvalue weighted by atomic mass is 35.5. The van der Waals surface area contributed by atoms with Crippen molar-refractivity contribution in [1.82, 2.24) is 4.98 Å². The molecule has 1 saturated heterocycles. The smallest absolute Gasteiger partial charge is 0.253 e. The quantitative estimate of drug-likeness (QED) is 0.795. The molecule has 0 radical (unpaired) electrons. The van der Waals surface area contributed by atoms with E-state index in [1.165, 1.54) is 0 Å². The van der Waals surface area contributed by atoms with Crippen LogP contribution in [-0.4, -0.2) is 29.6 Å². The van der Waals surface area contributed by atoms with Gasteiger partial charge in [0.2, 0.25) is 0 Å². The zero-order valence-corrected chi connectivity index (χ0v) is 9.98. The Morgan fingerprint density at radius 3 is 3.12 bits per heavy atom. The summed E-state index contributed by atoms with van der Waals surface area (Å²) < 4.78 is 5.48. The first-order chi connectivity index (χ1) is 8.20. The Morgan fingerprint density at radius 2 is 2.47 bits per heavy atom. The number of anilines is 1. The van der Waals surface area contributed by atoms with Crippen molar-refractivity contribution in [1.29, 1.82) is 0 Å². The summed E-state index contributed by atoms with van der Waals surface area (Å²) in [6.45, 7) is 0.442. The summed E-state index contributed by atoms with van der Waals surface area (Å²) in [5.41, 5.74) is 5.98. The van der Waals surface area contributed by atoms with Crippen molar-refractivity contribution < 1.29 is 9.53 Å². The van der Waals surface area contributed by atoms with E-state index >= 15 is 0 Å². The minimum Gasteiger partial charge on any atom is -0.364 e. The summed E-state index contributed by atoms with van der Waals surface area (Å²) in [4.78, 5) is 15.7. The molecular weight excluding hydrogens is 242 g/mol. The lowest BCUT2D eigenvalue weighted by Gasteiger charge is -2.12. The number of nitrogens with one attached hydrogen (secondary N) is 1. The van der Waals surface area contributed by atoms with Gasteiger partial charge >= 0.3 is 0 Å². The topological polar surface area (TPSA) is 77.2 Å². The summed E-state index contributed by atoms with van der Waals surface area (Å²) in [5, 5.41) is 2.97. The van der Waals surface area contributed by atoms with Gasteiger partial charge in [-0.25, -0.2) is 4.98 Å². The summed E-state index contributed by atoms with van der Waals surface area (Å²) in [7, 11) is 0. The SMILES string of the molecule is NCC1CCC(C(=O)Nc2cccnc2Cl)O1. The molecule has 1 aromatic heterocycles. The summed E-state index contributed by atoms with van der Waals surface area (Å²) in [5.74, 6) is -0.198. The molecule has 0 saturated carbocycles. The fourth-order valence-corrected chi connectivity index (χ4v) is 1.93. The maximum Gasteiger partial charge on any atom is 0.253 e. The molecule has 1 fully saturated rings. The third-order valence-corrected chi connectivity index (χ3v) is 2.98. The average molecular weight is 256 g/mol. The molecule has 1 aliphatic rings. The van der Waals surface area contributed by atoms with E-state index in [4.69, 9.17) is 22.1 Å². The molecular formula is C11H14ClN3O2. The Morgan fingerprint density at radius 1 is 1.65 bits per heavy atom. The van der Waals surface area contributed by atoms with Crippen LogP contribution < -0.4 is 11.1 Å². The number of ether oxygens (including phenoxy) is 1. The molecule has 17 heavy (non-hydrogen) atoms. The summed E-state index contributed by atoms with van der Waals surface area (Å²) >= 11 is 5.84. The van der Waals surface area contributed by atoms with Gasteiger partial charge in [-0.2, -0.15) is 0 Å². The summed E-state index contributed by atoms with van der Waals surface area (Å²) in [6.07, 6.45) is 2.60. The van der Waals surface area contributed by atoms with Gasteiger partial charge in [-0.15, -0.1) is 0 Å². The maximum atomic E-state index is 11.9.